The fourth-order valence-corrected chi connectivity index (χ4v) is 2.92. The molecule has 0 saturated carbocycles. The van der Waals surface area contributed by atoms with Crippen molar-refractivity contribution in [2.75, 3.05) is 0 Å². The van der Waals surface area contributed by atoms with Gasteiger partial charge in [-0.3, -0.25) is 14.4 Å². The Kier molecular flexibility index (Phi) is 6.32. The lowest BCUT2D eigenvalue weighted by molar-refractivity contribution is -0.119. The van der Waals surface area contributed by atoms with Gasteiger partial charge in [0.1, 0.15) is 17.7 Å². The molecule has 3 rings (SSSR count). The zero-order chi connectivity index (χ0) is 21.7. The van der Waals surface area contributed by atoms with Crippen molar-refractivity contribution in [2.45, 2.75) is 12.5 Å². The van der Waals surface area contributed by atoms with E-state index in [0.29, 0.717) is 22.8 Å². The molecule has 0 saturated heterocycles. The van der Waals surface area contributed by atoms with E-state index >= 15 is 0 Å². The van der Waals surface area contributed by atoms with E-state index in [9.17, 15) is 23.2 Å². The largest absolute Gasteiger partial charge is 0.368 e. The van der Waals surface area contributed by atoms with Crippen LogP contribution in [0.5, 0.6) is 0 Å². The lowest BCUT2D eigenvalue weighted by Crippen LogP contribution is -2.46. The van der Waals surface area contributed by atoms with E-state index in [1.54, 1.807) is 48.5 Å². The van der Waals surface area contributed by atoms with Crippen LogP contribution in [-0.4, -0.2) is 23.6 Å². The normalized spacial score (nSPS) is 11.5. The average Bonchev–Trinajstić information content (AvgIpc) is 2.73. The van der Waals surface area contributed by atoms with Crippen molar-refractivity contribution in [1.29, 1.82) is 0 Å². The summed E-state index contributed by atoms with van der Waals surface area (Å²) in [7, 11) is 0. The van der Waals surface area contributed by atoms with Gasteiger partial charge >= 0.3 is 0 Å². The first kappa shape index (κ1) is 20.9. The Bertz CT molecular complexity index is 1080. The third-order valence-corrected chi connectivity index (χ3v) is 4.52. The van der Waals surface area contributed by atoms with Gasteiger partial charge < -0.3 is 11.1 Å². The van der Waals surface area contributed by atoms with E-state index in [2.05, 4.69) is 5.32 Å². The number of primary amides is 1. The van der Waals surface area contributed by atoms with Gasteiger partial charge in [0.15, 0.2) is 5.78 Å². The standard InChI is InChI=1S/C23H18F2N2O3/c24-17-10-11-18(19(25)13-17)23(30)27-20(22(26)29)12-14-6-8-16(9-7-14)21(28)15-4-2-1-3-5-15/h1-11,13,20H,12H2,(H2,26,29)(H,27,30)/t20-/m0/s1. The van der Waals surface area contributed by atoms with Gasteiger partial charge in [0.25, 0.3) is 5.91 Å². The quantitative estimate of drug-likeness (QED) is 0.589. The highest BCUT2D eigenvalue weighted by Gasteiger charge is 2.22. The maximum atomic E-state index is 13.8. The van der Waals surface area contributed by atoms with Crippen LogP contribution in [0.25, 0.3) is 0 Å². The van der Waals surface area contributed by atoms with Gasteiger partial charge in [-0.1, -0.05) is 54.6 Å². The topological polar surface area (TPSA) is 89.3 Å². The SMILES string of the molecule is NC(=O)[C@H](Cc1ccc(C(=O)c2ccccc2)cc1)NC(=O)c1ccc(F)cc1F. The Labute approximate surface area is 171 Å². The second-order valence-electron chi connectivity index (χ2n) is 6.65. The van der Waals surface area contributed by atoms with E-state index in [4.69, 9.17) is 5.73 Å². The summed E-state index contributed by atoms with van der Waals surface area (Å²) in [6, 6.07) is 16.7. The summed E-state index contributed by atoms with van der Waals surface area (Å²) in [6.07, 6.45) is 0.0453. The smallest absolute Gasteiger partial charge is 0.254 e. The Morgan fingerprint density at radius 2 is 1.50 bits per heavy atom. The first-order chi connectivity index (χ1) is 14.3. The number of halogens is 2. The molecule has 152 valence electrons. The first-order valence-electron chi connectivity index (χ1n) is 9.09. The van der Waals surface area contributed by atoms with E-state index in [-0.39, 0.29) is 12.2 Å². The molecule has 5 nitrogen and oxygen atoms in total. The molecule has 0 aliphatic rings. The van der Waals surface area contributed by atoms with Crippen LogP contribution in [-0.2, 0) is 11.2 Å². The molecule has 0 spiro atoms. The lowest BCUT2D eigenvalue weighted by Gasteiger charge is -2.16. The molecule has 0 aliphatic carbocycles. The summed E-state index contributed by atoms with van der Waals surface area (Å²) in [6.45, 7) is 0. The number of hydrogen-bond acceptors (Lipinski definition) is 3. The predicted molar refractivity (Wildman–Crippen MR) is 107 cm³/mol. The number of benzene rings is 3. The molecule has 0 radical (unpaired) electrons. The van der Waals surface area contributed by atoms with Crippen molar-refractivity contribution in [3.8, 4) is 0 Å². The molecule has 3 aromatic rings. The Morgan fingerprint density at radius 1 is 0.867 bits per heavy atom. The zero-order valence-corrected chi connectivity index (χ0v) is 15.8. The molecule has 0 bridgehead atoms. The summed E-state index contributed by atoms with van der Waals surface area (Å²) in [5, 5.41) is 2.36. The number of rotatable bonds is 7. The number of amides is 2. The monoisotopic (exact) mass is 408 g/mol. The summed E-state index contributed by atoms with van der Waals surface area (Å²) < 4.78 is 26.8. The second-order valence-corrected chi connectivity index (χ2v) is 6.65. The molecule has 1 atom stereocenters. The van der Waals surface area contributed by atoms with Crippen molar-refractivity contribution >= 4 is 17.6 Å². The second kappa shape index (κ2) is 9.09. The Hall–Kier alpha value is -3.87. The van der Waals surface area contributed by atoms with Crippen LogP contribution in [0, 0.1) is 11.6 Å². The Morgan fingerprint density at radius 3 is 2.10 bits per heavy atom. The van der Waals surface area contributed by atoms with Crippen LogP contribution in [0.4, 0.5) is 8.78 Å². The van der Waals surface area contributed by atoms with E-state index in [1.807, 2.05) is 6.07 Å². The average molecular weight is 408 g/mol. The number of nitrogens with two attached hydrogens (primary N) is 1. The molecule has 30 heavy (non-hydrogen) atoms. The molecule has 0 aliphatic heterocycles. The van der Waals surface area contributed by atoms with Crippen LogP contribution < -0.4 is 11.1 Å². The zero-order valence-electron chi connectivity index (χ0n) is 15.8. The Balaban J connectivity index is 1.71. The van der Waals surface area contributed by atoms with Crippen LogP contribution in [0.1, 0.15) is 31.8 Å². The summed E-state index contributed by atoms with van der Waals surface area (Å²) >= 11 is 0. The van der Waals surface area contributed by atoms with Gasteiger partial charge in [-0.15, -0.1) is 0 Å². The van der Waals surface area contributed by atoms with Gasteiger partial charge in [0.2, 0.25) is 5.91 Å². The number of hydrogen-bond donors (Lipinski definition) is 2. The lowest BCUT2D eigenvalue weighted by atomic mass is 9.99. The molecule has 0 fully saturated rings. The number of ketones is 1. The molecular formula is C23H18F2N2O3. The van der Waals surface area contributed by atoms with Gasteiger partial charge in [-0.05, 0) is 17.7 Å². The highest BCUT2D eigenvalue weighted by Crippen LogP contribution is 2.14. The maximum Gasteiger partial charge on any atom is 0.254 e. The molecular weight excluding hydrogens is 390 g/mol. The number of nitrogens with one attached hydrogen (secondary N) is 1. The highest BCUT2D eigenvalue weighted by atomic mass is 19.1. The van der Waals surface area contributed by atoms with E-state index in [0.717, 1.165) is 12.1 Å². The van der Waals surface area contributed by atoms with E-state index in [1.165, 1.54) is 0 Å². The van der Waals surface area contributed by atoms with Gasteiger partial charge in [0.05, 0.1) is 5.56 Å². The summed E-state index contributed by atoms with van der Waals surface area (Å²) in [4.78, 5) is 36.5. The fourth-order valence-electron chi connectivity index (χ4n) is 2.92. The fraction of sp³-hybridized carbons (Fsp3) is 0.0870. The van der Waals surface area contributed by atoms with Crippen molar-refractivity contribution in [1.82, 2.24) is 5.32 Å². The van der Waals surface area contributed by atoms with Crippen molar-refractivity contribution in [3.05, 3.63) is 107 Å². The maximum absolute atomic E-state index is 13.8. The molecule has 3 N–H and O–H groups in total. The van der Waals surface area contributed by atoms with Crippen molar-refractivity contribution in [2.24, 2.45) is 5.73 Å². The summed E-state index contributed by atoms with van der Waals surface area (Å²) in [5.74, 6) is -3.70. The predicted octanol–water partition coefficient (Wildman–Crippen LogP) is 3.02. The third kappa shape index (κ3) is 4.94. The molecule has 7 heteroatoms. The summed E-state index contributed by atoms with van der Waals surface area (Å²) in [5.41, 5.74) is 6.63. The van der Waals surface area contributed by atoms with Crippen molar-refractivity contribution < 1.29 is 23.2 Å². The number of carbonyl (C=O) groups is 3. The minimum absolute atomic E-state index is 0.0453. The van der Waals surface area contributed by atoms with Crippen LogP contribution in [0.2, 0.25) is 0 Å². The molecule has 0 aromatic heterocycles. The third-order valence-electron chi connectivity index (χ3n) is 4.52. The molecule has 0 unspecified atom stereocenters. The number of carbonyl (C=O) groups excluding carboxylic acids is 3. The minimum Gasteiger partial charge on any atom is -0.368 e. The molecule has 0 heterocycles. The van der Waals surface area contributed by atoms with Crippen molar-refractivity contribution in [3.63, 3.8) is 0 Å². The van der Waals surface area contributed by atoms with Gasteiger partial charge in [-0.25, -0.2) is 8.78 Å². The van der Waals surface area contributed by atoms with Crippen LogP contribution >= 0.6 is 0 Å². The molecule has 2 amide bonds. The highest BCUT2D eigenvalue weighted by molar-refractivity contribution is 6.09. The van der Waals surface area contributed by atoms with Gasteiger partial charge in [0, 0.05) is 23.6 Å². The minimum atomic E-state index is -1.11. The first-order valence-corrected chi connectivity index (χ1v) is 9.09. The van der Waals surface area contributed by atoms with Crippen LogP contribution in [0.15, 0.2) is 72.8 Å². The van der Waals surface area contributed by atoms with Crippen LogP contribution in [0.3, 0.4) is 0 Å². The molecule has 3 aromatic carbocycles. The van der Waals surface area contributed by atoms with Gasteiger partial charge in [-0.2, -0.15) is 0 Å². The van der Waals surface area contributed by atoms with E-state index < -0.39 is 35.1 Å².